The molecule has 13 rings (SSSR count). The van der Waals surface area contributed by atoms with Crippen molar-refractivity contribution in [1.29, 1.82) is 0 Å². The molecule has 0 amide bonds. The highest BCUT2D eigenvalue weighted by molar-refractivity contribution is 6.15. The van der Waals surface area contributed by atoms with E-state index in [-0.39, 0.29) is 66.9 Å². The molecule has 0 radical (unpaired) electrons. The Labute approximate surface area is 397 Å². The highest BCUT2D eigenvalue weighted by Gasteiger charge is 2.25. The first kappa shape index (κ1) is 42.8. The molecule has 7 aromatic carbocycles. The molecule has 0 spiro atoms. The van der Waals surface area contributed by atoms with Crippen LogP contribution in [0.2, 0.25) is 0 Å². The number of hydrogen-bond acceptors (Lipinski definition) is 6. The number of furan rings is 3. The summed E-state index contributed by atoms with van der Waals surface area (Å²) in [7, 11) is 0. The van der Waals surface area contributed by atoms with Crippen LogP contribution in [0.15, 0.2) is 159 Å². The molecule has 15 heteroatoms. The van der Waals surface area contributed by atoms with Crippen LogP contribution >= 0.6 is 0 Å². The van der Waals surface area contributed by atoms with Gasteiger partial charge in [0.1, 0.15) is 33.3 Å². The molecule has 348 valence electrons. The number of aromatic nitrogens is 3. The zero-order valence-electron chi connectivity index (χ0n) is 36.3. The van der Waals surface area contributed by atoms with Gasteiger partial charge < -0.3 is 13.3 Å². The van der Waals surface area contributed by atoms with E-state index in [1.807, 2.05) is 18.2 Å². The second kappa shape index (κ2) is 15.9. The molecule has 6 heterocycles. The van der Waals surface area contributed by atoms with Gasteiger partial charge in [0.25, 0.3) is 0 Å². The molecule has 6 nitrogen and oxygen atoms in total. The Morgan fingerprint density at radius 3 is 0.764 bits per heavy atom. The lowest BCUT2D eigenvalue weighted by molar-refractivity contribution is 0.447. The van der Waals surface area contributed by atoms with Crippen LogP contribution in [0.25, 0.3) is 133 Å². The van der Waals surface area contributed by atoms with E-state index in [1.165, 1.54) is 0 Å². The lowest BCUT2D eigenvalue weighted by Crippen LogP contribution is -1.92. The highest BCUT2D eigenvalue weighted by Crippen LogP contribution is 2.46. The maximum atomic E-state index is 14.6. The van der Waals surface area contributed by atoms with Crippen molar-refractivity contribution in [2.45, 2.75) is 0 Å². The van der Waals surface area contributed by atoms with Crippen LogP contribution in [-0.2, 0) is 0 Å². The predicted octanol–water partition coefficient (Wildman–Crippen LogP) is 16.8. The van der Waals surface area contributed by atoms with E-state index >= 15 is 0 Å². The van der Waals surface area contributed by atoms with Crippen molar-refractivity contribution < 1.29 is 52.8 Å². The van der Waals surface area contributed by atoms with Gasteiger partial charge in [-0.1, -0.05) is 36.4 Å². The average Bonchev–Trinajstić information content (AvgIpc) is 4.10. The number of hydrogen-bond donors (Lipinski definition) is 0. The summed E-state index contributed by atoms with van der Waals surface area (Å²) in [5.74, 6) is -13.1. The topological polar surface area (TPSA) is 78.1 Å². The van der Waals surface area contributed by atoms with Crippen molar-refractivity contribution in [2.75, 3.05) is 0 Å². The van der Waals surface area contributed by atoms with Crippen molar-refractivity contribution in [1.82, 2.24) is 15.0 Å². The van der Waals surface area contributed by atoms with E-state index in [9.17, 15) is 39.5 Å². The predicted molar refractivity (Wildman–Crippen MR) is 254 cm³/mol. The fourth-order valence-corrected chi connectivity index (χ4v) is 9.63. The van der Waals surface area contributed by atoms with Gasteiger partial charge in [0.05, 0.1) is 0 Å². The first-order valence-corrected chi connectivity index (χ1v) is 21.9. The third-order valence-electron chi connectivity index (χ3n) is 12.9. The lowest BCUT2D eigenvalue weighted by atomic mass is 9.93. The van der Waals surface area contributed by atoms with Gasteiger partial charge in [-0.05, 0) is 124 Å². The first-order valence-electron chi connectivity index (χ1n) is 21.9. The molecule has 0 fully saturated rings. The van der Waals surface area contributed by atoms with Crippen molar-refractivity contribution in [3.8, 4) is 66.8 Å². The van der Waals surface area contributed by atoms with Crippen LogP contribution < -0.4 is 0 Å². The number of nitrogens with zero attached hydrogens (tertiary/aromatic N) is 3. The van der Waals surface area contributed by atoms with Crippen molar-refractivity contribution >= 4 is 66.2 Å². The summed E-state index contributed by atoms with van der Waals surface area (Å²) >= 11 is 0. The van der Waals surface area contributed by atoms with Crippen LogP contribution in [-0.4, -0.2) is 15.0 Å². The minimum atomic E-state index is -1.61. The summed E-state index contributed by atoms with van der Waals surface area (Å²) in [4.78, 5) is 13.9. The Morgan fingerprint density at radius 1 is 0.264 bits per heavy atom. The fourth-order valence-electron chi connectivity index (χ4n) is 9.63. The Hall–Kier alpha value is -9.24. The molecule has 0 bridgehead atoms. The molecule has 0 atom stereocenters. The van der Waals surface area contributed by atoms with Crippen molar-refractivity contribution in [3.05, 3.63) is 198 Å². The number of benzene rings is 7. The summed E-state index contributed by atoms with van der Waals surface area (Å²) in [6.07, 6.45) is 4.71. The van der Waals surface area contributed by atoms with Gasteiger partial charge in [-0.2, -0.15) is 0 Å². The van der Waals surface area contributed by atoms with E-state index in [0.717, 1.165) is 36.4 Å². The van der Waals surface area contributed by atoms with E-state index in [1.54, 1.807) is 91.4 Å². The van der Waals surface area contributed by atoms with Gasteiger partial charge in [0.15, 0.2) is 69.1 Å². The number of fused-ring (bicyclic) bond motifs is 9. The second-order valence-corrected chi connectivity index (χ2v) is 17.0. The molecular weight excluding hydrogens is 946 g/mol. The minimum Gasteiger partial charge on any atom is -0.453 e. The molecule has 0 aliphatic heterocycles. The molecule has 0 aliphatic rings. The third-order valence-corrected chi connectivity index (χ3v) is 12.9. The number of rotatable bonds is 6. The average molecular weight is 970 g/mol. The minimum absolute atomic E-state index is 0.0256. The summed E-state index contributed by atoms with van der Waals surface area (Å²) < 4.78 is 150. The first-order chi connectivity index (χ1) is 34.9. The molecule has 13 aromatic rings. The van der Waals surface area contributed by atoms with Gasteiger partial charge in [-0.15, -0.1) is 0 Å². The largest absolute Gasteiger partial charge is 0.453 e. The lowest BCUT2D eigenvalue weighted by Gasteiger charge is -2.12. The van der Waals surface area contributed by atoms with Crippen molar-refractivity contribution in [3.63, 3.8) is 0 Å². The maximum Gasteiger partial charge on any atom is 0.194 e. The van der Waals surface area contributed by atoms with E-state index in [2.05, 4.69) is 15.0 Å². The molecule has 0 aliphatic carbocycles. The Bertz CT molecular complexity index is 3950. The number of halogens is 9. The SMILES string of the molecule is Fc1cc(-c2cccc3c2oc2c(-c4cc(-c5ccnc6c5oc5c(-c7cc(F)c(F)c(F)c7)cccc56)cc(-c5ccnc6c5oc5c(-c7cc(F)c(F)c(F)c7)cccc56)c4)ccnc23)cc(F)c1F. The van der Waals surface area contributed by atoms with Gasteiger partial charge >= 0.3 is 0 Å². The van der Waals surface area contributed by atoms with Crippen LogP contribution in [0, 0.1) is 52.4 Å². The van der Waals surface area contributed by atoms with Gasteiger partial charge in [-0.3, -0.25) is 15.0 Å². The summed E-state index contributed by atoms with van der Waals surface area (Å²) in [6.45, 7) is 0. The zero-order chi connectivity index (χ0) is 49.3. The normalized spacial score (nSPS) is 12.0. The Morgan fingerprint density at radius 2 is 0.500 bits per heavy atom. The quantitative estimate of drug-likeness (QED) is 0.122. The molecule has 0 unspecified atom stereocenters. The molecule has 0 N–H and O–H groups in total. The summed E-state index contributed by atoms with van der Waals surface area (Å²) in [5.41, 5.74) is 6.77. The third kappa shape index (κ3) is 6.50. The second-order valence-electron chi connectivity index (χ2n) is 17.0. The maximum absolute atomic E-state index is 14.6. The monoisotopic (exact) mass is 969 g/mol. The number of pyridine rings is 3. The Balaban J connectivity index is 1.06. The molecule has 0 saturated heterocycles. The summed E-state index contributed by atoms with van der Waals surface area (Å²) in [6, 6.07) is 30.9. The zero-order valence-corrected chi connectivity index (χ0v) is 36.3. The van der Waals surface area contributed by atoms with Gasteiger partial charge in [0, 0.05) is 68.1 Å². The van der Waals surface area contributed by atoms with Crippen molar-refractivity contribution in [2.24, 2.45) is 0 Å². The molecule has 6 aromatic heterocycles. The van der Waals surface area contributed by atoms with E-state index in [0.29, 0.717) is 66.1 Å². The van der Waals surface area contributed by atoms with Crippen LogP contribution in [0.1, 0.15) is 0 Å². The van der Waals surface area contributed by atoms with E-state index in [4.69, 9.17) is 13.3 Å². The van der Waals surface area contributed by atoms with Crippen LogP contribution in [0.4, 0.5) is 39.5 Å². The van der Waals surface area contributed by atoms with Crippen LogP contribution in [0.5, 0.6) is 0 Å². The molecular formula is C57H24F9N3O3. The standard InChI is InChI=1S/C57H24F9N3O3/c58-40-19-28(20-41(59)46(40)64)31-4-1-7-37-49-55(70-52(31)37)34(10-13-67-49)25-16-26(35-11-14-68-50-38-8-2-5-32(53(38)71-56(35)50)29-21-42(60)47(65)43(61)22-29)18-27(17-25)36-12-15-69-51-39-9-3-6-33(54(39)72-57(36)51)30-23-44(62)48(66)45(63)24-30/h1-24H. The van der Waals surface area contributed by atoms with Crippen LogP contribution in [0.3, 0.4) is 0 Å². The smallest absolute Gasteiger partial charge is 0.194 e. The fraction of sp³-hybridized carbons (Fsp3) is 0. The van der Waals surface area contributed by atoms with E-state index < -0.39 is 52.4 Å². The number of para-hydroxylation sites is 3. The van der Waals surface area contributed by atoms with Gasteiger partial charge in [-0.25, -0.2) is 39.5 Å². The Kier molecular flexibility index (Phi) is 9.46. The summed E-state index contributed by atoms with van der Waals surface area (Å²) in [5, 5.41) is 1.49. The highest BCUT2D eigenvalue weighted by atomic mass is 19.2. The van der Waals surface area contributed by atoms with Gasteiger partial charge in [0.2, 0.25) is 0 Å². The molecule has 0 saturated carbocycles. The molecule has 72 heavy (non-hydrogen) atoms.